The van der Waals surface area contributed by atoms with E-state index in [2.05, 4.69) is 26.3 Å². The monoisotopic (exact) mass is 964 g/mol. The highest BCUT2D eigenvalue weighted by atomic mass is 32.2. The summed E-state index contributed by atoms with van der Waals surface area (Å²) in [6.07, 6.45) is -3.24. The number of thioether (sulfide) groups is 2. The molecular formula is C42H66F2N6O13S2. The summed E-state index contributed by atoms with van der Waals surface area (Å²) in [6.45, 7) is 13.3. The van der Waals surface area contributed by atoms with Gasteiger partial charge in [0.2, 0.25) is 18.0 Å². The lowest BCUT2D eigenvalue weighted by Crippen LogP contribution is -2.49. The zero-order chi connectivity index (χ0) is 48.9. The molecule has 1 aromatic heterocycles. The van der Waals surface area contributed by atoms with Gasteiger partial charge in [0.1, 0.15) is 29.8 Å². The molecule has 7 unspecified atom stereocenters. The number of nitrogens with one attached hydrogen (secondary N) is 4. The van der Waals surface area contributed by atoms with Gasteiger partial charge in [-0.05, 0) is 45.6 Å². The van der Waals surface area contributed by atoms with Gasteiger partial charge in [0.15, 0.2) is 12.7 Å². The van der Waals surface area contributed by atoms with Gasteiger partial charge >= 0.3 is 23.6 Å². The summed E-state index contributed by atoms with van der Waals surface area (Å²) in [6, 6.07) is -0.732. The summed E-state index contributed by atoms with van der Waals surface area (Å²) in [5.74, 6) is -7.44. The zero-order valence-electron chi connectivity index (χ0n) is 38.2. The van der Waals surface area contributed by atoms with E-state index in [0.29, 0.717) is 29.8 Å². The summed E-state index contributed by atoms with van der Waals surface area (Å²) >= 11 is 3.04. The molecule has 0 bridgehead atoms. The van der Waals surface area contributed by atoms with E-state index in [1.165, 1.54) is 11.8 Å². The highest BCUT2D eigenvalue weighted by Gasteiger charge is 2.59. The molecule has 0 aromatic carbocycles. The zero-order valence-corrected chi connectivity index (χ0v) is 39.9. The number of aliphatic carboxylic acids is 1. The lowest BCUT2D eigenvalue weighted by molar-refractivity contribution is -0.147. The fourth-order valence-corrected chi connectivity index (χ4v) is 9.99. The molecule has 1 aliphatic heterocycles. The van der Waals surface area contributed by atoms with Gasteiger partial charge in [0.25, 0.3) is 5.91 Å². The first-order chi connectivity index (χ1) is 30.3. The Balaban J connectivity index is 1.54. The van der Waals surface area contributed by atoms with Crippen LogP contribution in [-0.4, -0.2) is 151 Å². The normalized spacial score (nSPS) is 21.6. The van der Waals surface area contributed by atoms with Gasteiger partial charge in [0.05, 0.1) is 18.6 Å². The quantitative estimate of drug-likeness (QED) is 0.0594. The smallest absolute Gasteiger partial charge is 0.351 e. The van der Waals surface area contributed by atoms with Gasteiger partial charge in [-0.1, -0.05) is 41.5 Å². The predicted molar refractivity (Wildman–Crippen MR) is 239 cm³/mol. The number of hydrogen-bond donors (Lipinski definition) is 7. The van der Waals surface area contributed by atoms with Gasteiger partial charge in [-0.25, -0.2) is 4.79 Å². The van der Waals surface area contributed by atoms with E-state index in [9.17, 15) is 57.7 Å². The van der Waals surface area contributed by atoms with Crippen LogP contribution in [0.1, 0.15) is 100 Å². The second-order valence-corrected chi connectivity index (χ2v) is 20.5. The molecule has 65 heavy (non-hydrogen) atoms. The van der Waals surface area contributed by atoms with Crippen molar-refractivity contribution in [3.05, 3.63) is 22.7 Å². The molecule has 23 heteroatoms. The fourth-order valence-electron chi connectivity index (χ4n) is 6.86. The Kier molecular flexibility index (Phi) is 21.3. The van der Waals surface area contributed by atoms with Crippen LogP contribution in [0.5, 0.6) is 0 Å². The third-order valence-electron chi connectivity index (χ3n) is 10.9. The van der Waals surface area contributed by atoms with Crippen molar-refractivity contribution in [2.75, 3.05) is 43.2 Å². The minimum absolute atomic E-state index is 0.0138. The average molecular weight is 965 g/mol. The standard InChI is InChI=1S/C42H66F2N6O13S2/c1-23(2)34(55)40(5,6)15-18-62-41(7,8)14-11-31(52)47-25(21-64-28-9-10-29(28)65-22-26(37(58)59)46-24(3)4)36(57)45-16-12-33(54)61-20-32(53)48-30-13-17-50(39(60)49-30)38-42(43,44)35(56)27(19-51)63-38/h13,17,23-29,35,38,46,51,56H,9-12,14-16,18-22H2,1-8H3,(H,45,57)(H,47,52)(H,58,59)(H,48,49,53,60). The highest BCUT2D eigenvalue weighted by Crippen LogP contribution is 2.42. The molecule has 0 spiro atoms. The number of aliphatic hydroxyl groups is 2. The molecule has 1 saturated carbocycles. The number of amides is 3. The molecule has 19 nitrogen and oxygen atoms in total. The molecule has 7 atom stereocenters. The van der Waals surface area contributed by atoms with Crippen molar-refractivity contribution >= 4 is 64.8 Å². The Hall–Kier alpha value is -3.74. The van der Waals surface area contributed by atoms with Crippen molar-refractivity contribution in [3.63, 3.8) is 0 Å². The molecule has 1 aliphatic carbocycles. The van der Waals surface area contributed by atoms with E-state index in [1.807, 2.05) is 55.4 Å². The number of ketones is 1. The van der Waals surface area contributed by atoms with E-state index in [4.69, 9.17) is 14.2 Å². The Morgan fingerprint density at radius 1 is 0.985 bits per heavy atom. The molecule has 0 radical (unpaired) electrons. The van der Waals surface area contributed by atoms with Crippen molar-refractivity contribution < 1.29 is 67.1 Å². The minimum atomic E-state index is -3.94. The first kappa shape index (κ1) is 55.6. The number of hydrogen-bond acceptors (Lipinski definition) is 16. The van der Waals surface area contributed by atoms with Crippen molar-refractivity contribution in [2.24, 2.45) is 11.3 Å². The van der Waals surface area contributed by atoms with Crippen LogP contribution in [0.4, 0.5) is 14.6 Å². The Bertz CT molecular complexity index is 1870. The van der Waals surface area contributed by atoms with E-state index in [0.717, 1.165) is 25.1 Å². The second-order valence-electron chi connectivity index (χ2n) is 18.0. The van der Waals surface area contributed by atoms with Crippen molar-refractivity contribution in [2.45, 2.75) is 152 Å². The molecular weight excluding hydrogens is 899 g/mol. The Morgan fingerprint density at radius 3 is 2.15 bits per heavy atom. The number of aromatic nitrogens is 2. The minimum Gasteiger partial charge on any atom is -0.480 e. The average Bonchev–Trinajstić information content (AvgIpc) is 3.43. The molecule has 1 saturated heterocycles. The summed E-state index contributed by atoms with van der Waals surface area (Å²) < 4.78 is 45.4. The maximum atomic E-state index is 14.5. The number of carbonyl (C=O) groups excluding carboxylic acids is 5. The maximum absolute atomic E-state index is 14.5. The van der Waals surface area contributed by atoms with Gasteiger partial charge in [-0.2, -0.15) is 37.3 Å². The SMILES string of the molecule is CC(C)NC(CSC1CCC1SCC(NC(=O)CCC(C)(C)OCCC(C)(C)C(=O)C(C)C)C(=O)NCCC(=O)OCC(=O)Nc1ccn(C2OC(CO)C(O)C2(F)F)c(=O)n1)C(=O)O. The Labute approximate surface area is 386 Å². The first-order valence-electron chi connectivity index (χ1n) is 21.6. The maximum Gasteiger partial charge on any atom is 0.351 e. The number of carboxylic acid groups (broad SMARTS) is 1. The van der Waals surface area contributed by atoms with Gasteiger partial charge in [-0.3, -0.25) is 33.3 Å². The predicted octanol–water partition coefficient (Wildman–Crippen LogP) is 2.27. The number of carboxylic acids is 1. The van der Waals surface area contributed by atoms with Crippen LogP contribution in [0, 0.1) is 11.3 Å². The molecule has 2 heterocycles. The third-order valence-corrected chi connectivity index (χ3v) is 14.1. The molecule has 1 aromatic rings. The molecule has 2 fully saturated rings. The molecule has 3 amide bonds. The number of esters is 1. The number of halogens is 2. The summed E-state index contributed by atoms with van der Waals surface area (Å²) in [5, 5.41) is 39.5. The number of anilines is 1. The number of nitrogens with zero attached hydrogens (tertiary/aromatic N) is 2. The van der Waals surface area contributed by atoms with E-state index in [-0.39, 0.29) is 59.2 Å². The van der Waals surface area contributed by atoms with Crippen LogP contribution in [0.2, 0.25) is 0 Å². The molecule has 368 valence electrons. The lowest BCUT2D eigenvalue weighted by Gasteiger charge is -2.37. The van der Waals surface area contributed by atoms with Crippen LogP contribution in [-0.2, 0) is 43.0 Å². The van der Waals surface area contributed by atoms with E-state index in [1.54, 1.807) is 11.8 Å². The first-order valence-corrected chi connectivity index (χ1v) is 23.7. The van der Waals surface area contributed by atoms with Crippen LogP contribution in [0.3, 0.4) is 0 Å². The topological polar surface area (TPSA) is 274 Å². The lowest BCUT2D eigenvalue weighted by atomic mass is 9.80. The third kappa shape index (κ3) is 17.1. The number of aliphatic hydroxyl groups excluding tert-OH is 2. The van der Waals surface area contributed by atoms with Crippen molar-refractivity contribution in [1.82, 2.24) is 25.5 Å². The number of rotatable bonds is 28. The van der Waals surface area contributed by atoms with Crippen LogP contribution < -0.4 is 27.0 Å². The fraction of sp³-hybridized carbons (Fsp3) is 0.762. The largest absolute Gasteiger partial charge is 0.480 e. The number of carbonyl (C=O) groups is 6. The van der Waals surface area contributed by atoms with Crippen LogP contribution in [0.15, 0.2) is 17.1 Å². The number of ether oxygens (including phenoxy) is 3. The van der Waals surface area contributed by atoms with E-state index >= 15 is 0 Å². The summed E-state index contributed by atoms with van der Waals surface area (Å²) in [4.78, 5) is 92.1. The van der Waals surface area contributed by atoms with E-state index < -0.39 is 96.0 Å². The van der Waals surface area contributed by atoms with Gasteiger partial charge in [0, 0.05) is 65.1 Å². The van der Waals surface area contributed by atoms with Crippen LogP contribution in [0.25, 0.3) is 0 Å². The van der Waals surface area contributed by atoms with Gasteiger partial charge < -0.3 is 50.8 Å². The van der Waals surface area contributed by atoms with Crippen molar-refractivity contribution in [1.29, 1.82) is 0 Å². The second kappa shape index (κ2) is 24.9. The summed E-state index contributed by atoms with van der Waals surface area (Å²) in [7, 11) is 0. The number of alkyl halides is 2. The van der Waals surface area contributed by atoms with Crippen molar-refractivity contribution in [3.8, 4) is 0 Å². The summed E-state index contributed by atoms with van der Waals surface area (Å²) in [5.41, 5.74) is -2.55. The molecule has 7 N–H and O–H groups in total. The highest BCUT2D eigenvalue weighted by molar-refractivity contribution is 8.04. The Morgan fingerprint density at radius 2 is 1.62 bits per heavy atom. The number of Topliss-reactive ketones (excluding diaryl/α,β-unsaturated/α-hetero) is 1. The van der Waals surface area contributed by atoms with Crippen LogP contribution >= 0.6 is 23.5 Å². The molecule has 3 rings (SSSR count). The van der Waals surface area contributed by atoms with Gasteiger partial charge in [-0.15, -0.1) is 0 Å². The molecule has 2 aliphatic rings.